The summed E-state index contributed by atoms with van der Waals surface area (Å²) in [6.07, 6.45) is 7.55. The molecule has 0 saturated heterocycles. The largest absolute Gasteiger partial charge is 0.367 e. The molecular formula is C24H28N2O. The average Bonchev–Trinajstić information content (AvgIpc) is 3.32. The molecule has 2 saturated carbocycles. The van der Waals surface area contributed by atoms with Gasteiger partial charge in [-0.3, -0.25) is 4.79 Å². The Bertz CT molecular complexity index is 829. The van der Waals surface area contributed by atoms with Crippen molar-refractivity contribution in [2.24, 2.45) is 11.8 Å². The third kappa shape index (κ3) is 3.36. The lowest BCUT2D eigenvalue weighted by molar-refractivity contribution is 0.0923. The summed E-state index contributed by atoms with van der Waals surface area (Å²) in [6.45, 7) is 2.01. The molecule has 140 valence electrons. The van der Waals surface area contributed by atoms with Crippen LogP contribution in [-0.2, 0) is 13.0 Å². The van der Waals surface area contributed by atoms with Crippen molar-refractivity contribution in [1.82, 2.24) is 5.32 Å². The van der Waals surface area contributed by atoms with Crippen molar-refractivity contribution in [2.75, 3.05) is 11.4 Å². The number of amides is 1. The van der Waals surface area contributed by atoms with Crippen LogP contribution in [0.4, 0.5) is 5.69 Å². The fourth-order valence-electron chi connectivity index (χ4n) is 5.43. The molecule has 3 unspecified atom stereocenters. The molecule has 3 atom stereocenters. The van der Waals surface area contributed by atoms with Crippen molar-refractivity contribution in [1.29, 1.82) is 0 Å². The monoisotopic (exact) mass is 360 g/mol. The van der Waals surface area contributed by atoms with E-state index in [9.17, 15) is 4.79 Å². The van der Waals surface area contributed by atoms with Gasteiger partial charge in [-0.25, -0.2) is 0 Å². The summed E-state index contributed by atoms with van der Waals surface area (Å²) < 4.78 is 0. The van der Waals surface area contributed by atoms with Gasteiger partial charge in [0.25, 0.3) is 5.91 Å². The topological polar surface area (TPSA) is 32.3 Å². The molecule has 2 aromatic rings. The zero-order chi connectivity index (χ0) is 18.2. The van der Waals surface area contributed by atoms with Crippen LogP contribution >= 0.6 is 0 Å². The predicted molar refractivity (Wildman–Crippen MR) is 109 cm³/mol. The molecular weight excluding hydrogens is 332 g/mol. The number of hydrogen-bond donors (Lipinski definition) is 1. The van der Waals surface area contributed by atoms with E-state index in [0.29, 0.717) is 6.04 Å². The summed E-state index contributed by atoms with van der Waals surface area (Å²) in [5, 5.41) is 3.29. The van der Waals surface area contributed by atoms with E-state index in [1.807, 2.05) is 12.1 Å². The van der Waals surface area contributed by atoms with Crippen LogP contribution in [0.25, 0.3) is 0 Å². The molecule has 2 aliphatic carbocycles. The SMILES string of the molecule is O=C(NC1CC2CCC1C2)c1ccc(CN2CCCc3ccccc32)cc1. The van der Waals surface area contributed by atoms with Gasteiger partial charge in [-0.1, -0.05) is 36.8 Å². The maximum absolute atomic E-state index is 12.6. The first-order valence-electron chi connectivity index (χ1n) is 10.5. The zero-order valence-corrected chi connectivity index (χ0v) is 15.9. The van der Waals surface area contributed by atoms with Crippen molar-refractivity contribution in [3.63, 3.8) is 0 Å². The van der Waals surface area contributed by atoms with Gasteiger partial charge >= 0.3 is 0 Å². The van der Waals surface area contributed by atoms with Gasteiger partial charge in [-0.2, -0.15) is 0 Å². The van der Waals surface area contributed by atoms with Crippen molar-refractivity contribution in [2.45, 2.75) is 51.1 Å². The van der Waals surface area contributed by atoms with E-state index < -0.39 is 0 Å². The van der Waals surface area contributed by atoms with Gasteiger partial charge in [0.05, 0.1) is 0 Å². The molecule has 1 heterocycles. The van der Waals surface area contributed by atoms with Gasteiger partial charge in [-0.15, -0.1) is 0 Å². The summed E-state index contributed by atoms with van der Waals surface area (Å²) in [5.41, 5.74) is 4.87. The molecule has 27 heavy (non-hydrogen) atoms. The number of aryl methyl sites for hydroxylation is 1. The second-order valence-corrected chi connectivity index (χ2v) is 8.61. The molecule has 1 N–H and O–H groups in total. The zero-order valence-electron chi connectivity index (χ0n) is 15.9. The third-order valence-electron chi connectivity index (χ3n) is 6.85. The molecule has 2 aromatic carbocycles. The number of anilines is 1. The van der Waals surface area contributed by atoms with E-state index in [1.54, 1.807) is 0 Å². The highest BCUT2D eigenvalue weighted by Crippen LogP contribution is 2.44. The van der Waals surface area contributed by atoms with Gasteiger partial charge in [0.1, 0.15) is 0 Å². The van der Waals surface area contributed by atoms with Crippen LogP contribution in [0, 0.1) is 11.8 Å². The van der Waals surface area contributed by atoms with Crippen molar-refractivity contribution < 1.29 is 4.79 Å². The highest BCUT2D eigenvalue weighted by atomic mass is 16.1. The number of carbonyl (C=O) groups is 1. The van der Waals surface area contributed by atoms with Crippen molar-refractivity contribution >= 4 is 11.6 Å². The Balaban J connectivity index is 1.24. The van der Waals surface area contributed by atoms with Crippen LogP contribution in [-0.4, -0.2) is 18.5 Å². The number of carbonyl (C=O) groups excluding carboxylic acids is 1. The fraction of sp³-hybridized carbons (Fsp3) is 0.458. The van der Waals surface area contributed by atoms with Gasteiger partial charge in [0, 0.05) is 30.4 Å². The second-order valence-electron chi connectivity index (χ2n) is 8.61. The Morgan fingerprint density at radius 3 is 2.67 bits per heavy atom. The summed E-state index contributed by atoms with van der Waals surface area (Å²) in [4.78, 5) is 15.1. The van der Waals surface area contributed by atoms with Crippen LogP contribution in [0.3, 0.4) is 0 Å². The third-order valence-corrected chi connectivity index (χ3v) is 6.85. The lowest BCUT2D eigenvalue weighted by Crippen LogP contribution is -2.38. The molecule has 5 rings (SSSR count). The minimum absolute atomic E-state index is 0.0995. The Kier molecular flexibility index (Phi) is 4.39. The minimum atomic E-state index is 0.0995. The van der Waals surface area contributed by atoms with Crippen LogP contribution in [0.5, 0.6) is 0 Å². The first-order chi connectivity index (χ1) is 13.3. The number of nitrogens with one attached hydrogen (secondary N) is 1. The summed E-state index contributed by atoms with van der Waals surface area (Å²) >= 11 is 0. The van der Waals surface area contributed by atoms with E-state index in [4.69, 9.17) is 0 Å². The molecule has 2 fully saturated rings. The van der Waals surface area contributed by atoms with Gasteiger partial charge in [0.2, 0.25) is 0 Å². The number of fused-ring (bicyclic) bond motifs is 3. The smallest absolute Gasteiger partial charge is 0.251 e. The van der Waals surface area contributed by atoms with Gasteiger partial charge < -0.3 is 10.2 Å². The fourth-order valence-corrected chi connectivity index (χ4v) is 5.43. The normalized spacial score (nSPS) is 26.1. The molecule has 3 nitrogen and oxygen atoms in total. The maximum Gasteiger partial charge on any atom is 0.251 e. The minimum Gasteiger partial charge on any atom is -0.367 e. The molecule has 0 radical (unpaired) electrons. The summed E-state index contributed by atoms with van der Waals surface area (Å²) in [5.74, 6) is 1.68. The van der Waals surface area contributed by atoms with E-state index in [1.165, 1.54) is 55.3 Å². The summed E-state index contributed by atoms with van der Waals surface area (Å²) in [6, 6.07) is 17.4. The molecule has 0 aromatic heterocycles. The maximum atomic E-state index is 12.6. The first-order valence-corrected chi connectivity index (χ1v) is 10.5. The Hall–Kier alpha value is -2.29. The van der Waals surface area contributed by atoms with Gasteiger partial charge in [0.15, 0.2) is 0 Å². The first kappa shape index (κ1) is 16.9. The highest BCUT2D eigenvalue weighted by Gasteiger charge is 2.40. The van der Waals surface area contributed by atoms with Crippen LogP contribution in [0.1, 0.15) is 53.6 Å². The van der Waals surface area contributed by atoms with Crippen LogP contribution < -0.4 is 10.2 Å². The number of rotatable bonds is 4. The Labute approximate surface area is 161 Å². The van der Waals surface area contributed by atoms with E-state index in [-0.39, 0.29) is 5.91 Å². The lowest BCUT2D eigenvalue weighted by Gasteiger charge is -2.31. The quantitative estimate of drug-likeness (QED) is 0.867. The summed E-state index contributed by atoms with van der Waals surface area (Å²) in [7, 11) is 0. The van der Waals surface area contributed by atoms with E-state index >= 15 is 0 Å². The average molecular weight is 361 g/mol. The number of hydrogen-bond acceptors (Lipinski definition) is 2. The lowest BCUT2D eigenvalue weighted by atomic mass is 9.95. The Morgan fingerprint density at radius 1 is 1.04 bits per heavy atom. The second kappa shape index (κ2) is 7.03. The number of benzene rings is 2. The van der Waals surface area contributed by atoms with E-state index in [2.05, 4.69) is 46.6 Å². The van der Waals surface area contributed by atoms with Crippen molar-refractivity contribution in [3.05, 3.63) is 65.2 Å². The molecule has 3 aliphatic rings. The highest BCUT2D eigenvalue weighted by molar-refractivity contribution is 5.94. The standard InChI is InChI=1S/C24H28N2O/c27-24(25-22-15-18-9-12-21(22)14-18)20-10-7-17(8-11-20)16-26-13-3-5-19-4-1-2-6-23(19)26/h1-2,4,6-8,10-11,18,21-22H,3,5,9,12-16H2,(H,25,27). The molecule has 2 bridgehead atoms. The Morgan fingerprint density at radius 2 is 1.89 bits per heavy atom. The molecule has 3 heteroatoms. The van der Waals surface area contributed by atoms with Crippen LogP contribution in [0.15, 0.2) is 48.5 Å². The van der Waals surface area contributed by atoms with Crippen molar-refractivity contribution in [3.8, 4) is 0 Å². The van der Waals surface area contributed by atoms with E-state index in [0.717, 1.165) is 30.5 Å². The van der Waals surface area contributed by atoms with Crippen LogP contribution in [0.2, 0.25) is 0 Å². The number of para-hydroxylation sites is 1. The number of nitrogens with zero attached hydrogens (tertiary/aromatic N) is 1. The molecule has 1 aliphatic heterocycles. The molecule has 1 amide bonds. The predicted octanol–water partition coefficient (Wildman–Crippen LogP) is 4.56. The molecule has 0 spiro atoms. The van der Waals surface area contributed by atoms with Gasteiger partial charge in [-0.05, 0) is 73.3 Å².